The molecule has 0 spiro atoms. The van der Waals surface area contributed by atoms with Crippen molar-refractivity contribution in [1.29, 1.82) is 0 Å². The summed E-state index contributed by atoms with van der Waals surface area (Å²) in [5.74, 6) is 1.83. The van der Waals surface area contributed by atoms with Crippen LogP contribution in [-0.2, 0) is 0 Å². The van der Waals surface area contributed by atoms with Crippen molar-refractivity contribution in [3.63, 3.8) is 0 Å². The molecule has 1 aromatic heterocycles. The third-order valence-corrected chi connectivity index (χ3v) is 4.75. The number of nitrogens with one attached hydrogen (secondary N) is 1. The van der Waals surface area contributed by atoms with E-state index in [2.05, 4.69) is 58.7 Å². The molecule has 2 aromatic carbocycles. The van der Waals surface area contributed by atoms with E-state index in [4.69, 9.17) is 10.5 Å². The minimum absolute atomic E-state index is 0. The quantitative estimate of drug-likeness (QED) is 0.733. The Kier molecular flexibility index (Phi) is 5.04. The molecule has 1 aliphatic heterocycles. The molecule has 6 nitrogen and oxygen atoms in total. The number of benzene rings is 2. The molecule has 0 fully saturated rings. The van der Waals surface area contributed by atoms with Crippen molar-refractivity contribution < 1.29 is 4.74 Å². The average molecular weight is 372 g/mol. The highest BCUT2D eigenvalue weighted by Crippen LogP contribution is 2.39. The van der Waals surface area contributed by atoms with Crippen molar-refractivity contribution in [2.24, 2.45) is 0 Å². The molecule has 0 amide bonds. The highest BCUT2D eigenvalue weighted by Gasteiger charge is 2.31. The highest BCUT2D eigenvalue weighted by molar-refractivity contribution is 5.85. The lowest BCUT2D eigenvalue weighted by atomic mass is 9.91. The van der Waals surface area contributed by atoms with E-state index in [9.17, 15) is 0 Å². The van der Waals surface area contributed by atoms with E-state index < -0.39 is 0 Å². The van der Waals surface area contributed by atoms with Crippen molar-refractivity contribution >= 4 is 24.3 Å². The molecule has 1 aliphatic rings. The molecular formula is C19H22ClN5O. The number of methoxy groups -OCH3 is 1. The zero-order valence-electron chi connectivity index (χ0n) is 14.7. The fourth-order valence-electron chi connectivity index (χ4n) is 3.49. The first-order chi connectivity index (χ1) is 12.2. The largest absolute Gasteiger partial charge is 0.497 e. The number of nitrogens with zero attached hydrogens (tertiary/aromatic N) is 3. The molecule has 4 rings (SSSR count). The van der Waals surface area contributed by atoms with E-state index >= 15 is 0 Å². The van der Waals surface area contributed by atoms with Crippen LogP contribution in [0.5, 0.6) is 5.75 Å². The fourth-order valence-corrected chi connectivity index (χ4v) is 3.49. The molecule has 136 valence electrons. The van der Waals surface area contributed by atoms with Crippen molar-refractivity contribution in [2.45, 2.75) is 25.4 Å². The van der Waals surface area contributed by atoms with Gasteiger partial charge >= 0.3 is 0 Å². The third kappa shape index (κ3) is 3.20. The Labute approximate surface area is 158 Å². The number of anilines is 2. The highest BCUT2D eigenvalue weighted by atomic mass is 35.5. The van der Waals surface area contributed by atoms with E-state index in [0.29, 0.717) is 5.95 Å². The Bertz CT molecular complexity index is 910. The minimum atomic E-state index is 0. The standard InChI is InChI=1S/C19H21N5O.ClH/c1-12-6-3-4-9-15(12)17-11-16(13-7-5-8-14(10-13)25-2)21-19-22-18(20)23-24(17)19;/h3-10,16-17H,11H2,1-2H3,(H3,20,21,22,23);1H. The topological polar surface area (TPSA) is 78.0 Å². The second-order valence-corrected chi connectivity index (χ2v) is 6.32. The van der Waals surface area contributed by atoms with Crippen molar-refractivity contribution in [1.82, 2.24) is 14.8 Å². The first-order valence-electron chi connectivity index (χ1n) is 8.33. The summed E-state index contributed by atoms with van der Waals surface area (Å²) in [7, 11) is 1.68. The van der Waals surface area contributed by atoms with Gasteiger partial charge in [0.25, 0.3) is 0 Å². The van der Waals surface area contributed by atoms with Crippen molar-refractivity contribution in [3.8, 4) is 5.75 Å². The van der Waals surface area contributed by atoms with Gasteiger partial charge < -0.3 is 15.8 Å². The van der Waals surface area contributed by atoms with Gasteiger partial charge in [-0.15, -0.1) is 17.5 Å². The van der Waals surface area contributed by atoms with Gasteiger partial charge in [0.15, 0.2) is 0 Å². The van der Waals surface area contributed by atoms with Crippen LogP contribution in [0.4, 0.5) is 11.9 Å². The van der Waals surface area contributed by atoms with Crippen LogP contribution in [0.3, 0.4) is 0 Å². The number of nitrogen functional groups attached to an aromatic ring is 1. The zero-order valence-corrected chi connectivity index (χ0v) is 15.5. The maximum Gasteiger partial charge on any atom is 0.241 e. The number of nitrogens with two attached hydrogens (primary N) is 1. The number of hydrogen-bond acceptors (Lipinski definition) is 5. The molecule has 0 saturated carbocycles. The van der Waals surface area contributed by atoms with Gasteiger partial charge in [0.05, 0.1) is 19.2 Å². The van der Waals surface area contributed by atoms with E-state index in [1.807, 2.05) is 16.8 Å². The van der Waals surface area contributed by atoms with Crippen LogP contribution >= 0.6 is 12.4 Å². The SMILES string of the molecule is COc1cccc(C2CC(c3ccccc3C)n3nc(N)nc3N2)c1.Cl. The molecule has 0 aliphatic carbocycles. The number of hydrogen-bond donors (Lipinski definition) is 2. The van der Waals surface area contributed by atoms with Crippen LogP contribution in [-0.4, -0.2) is 21.9 Å². The summed E-state index contributed by atoms with van der Waals surface area (Å²) in [5, 5.41) is 7.87. The summed E-state index contributed by atoms with van der Waals surface area (Å²) in [5.41, 5.74) is 9.50. The molecule has 0 bridgehead atoms. The molecule has 3 N–H and O–H groups in total. The molecule has 7 heteroatoms. The summed E-state index contributed by atoms with van der Waals surface area (Å²) in [6, 6.07) is 16.7. The van der Waals surface area contributed by atoms with Gasteiger partial charge in [-0.25, -0.2) is 4.68 Å². The lowest BCUT2D eigenvalue weighted by Gasteiger charge is -2.32. The maximum absolute atomic E-state index is 5.86. The van der Waals surface area contributed by atoms with Crippen LogP contribution < -0.4 is 15.8 Å². The summed E-state index contributed by atoms with van der Waals surface area (Å²) in [4.78, 5) is 4.36. The first kappa shape index (κ1) is 18.1. The maximum atomic E-state index is 5.86. The summed E-state index contributed by atoms with van der Waals surface area (Å²) >= 11 is 0. The zero-order chi connectivity index (χ0) is 17.4. The first-order valence-corrected chi connectivity index (χ1v) is 8.33. The number of ether oxygens (including phenoxy) is 1. The van der Waals surface area contributed by atoms with Crippen LogP contribution in [0.2, 0.25) is 0 Å². The number of halogens is 1. The fraction of sp³-hybridized carbons (Fsp3) is 0.263. The van der Waals surface area contributed by atoms with Gasteiger partial charge in [0, 0.05) is 0 Å². The molecule has 3 aromatic rings. The third-order valence-electron chi connectivity index (χ3n) is 4.75. The minimum Gasteiger partial charge on any atom is -0.497 e. The predicted molar refractivity (Wildman–Crippen MR) is 105 cm³/mol. The van der Waals surface area contributed by atoms with Crippen LogP contribution in [0, 0.1) is 6.92 Å². The molecule has 0 radical (unpaired) electrons. The summed E-state index contributed by atoms with van der Waals surface area (Å²) < 4.78 is 7.27. The Morgan fingerprint density at radius 1 is 1.19 bits per heavy atom. The van der Waals surface area contributed by atoms with Crippen LogP contribution in [0.1, 0.15) is 35.2 Å². The number of fused-ring (bicyclic) bond motifs is 1. The second-order valence-electron chi connectivity index (χ2n) is 6.32. The van der Waals surface area contributed by atoms with Gasteiger partial charge in [-0.1, -0.05) is 36.4 Å². The van der Waals surface area contributed by atoms with Gasteiger partial charge in [0.2, 0.25) is 11.9 Å². The summed E-state index contributed by atoms with van der Waals surface area (Å²) in [6.45, 7) is 2.12. The van der Waals surface area contributed by atoms with E-state index in [-0.39, 0.29) is 30.4 Å². The monoisotopic (exact) mass is 371 g/mol. The van der Waals surface area contributed by atoms with Gasteiger partial charge in [0.1, 0.15) is 5.75 Å². The second kappa shape index (κ2) is 7.25. The van der Waals surface area contributed by atoms with Gasteiger partial charge in [-0.05, 0) is 42.2 Å². The van der Waals surface area contributed by atoms with E-state index in [1.54, 1.807) is 7.11 Å². The van der Waals surface area contributed by atoms with E-state index in [0.717, 1.165) is 17.7 Å². The Hall–Kier alpha value is -2.73. The molecule has 26 heavy (non-hydrogen) atoms. The lowest BCUT2D eigenvalue weighted by Crippen LogP contribution is -2.28. The van der Waals surface area contributed by atoms with Crippen molar-refractivity contribution in [2.75, 3.05) is 18.2 Å². The average Bonchev–Trinajstić information content (AvgIpc) is 3.01. The number of aryl methyl sites for hydroxylation is 1. The molecular weight excluding hydrogens is 350 g/mol. The normalized spacial score (nSPS) is 18.4. The molecule has 2 heterocycles. The summed E-state index contributed by atoms with van der Waals surface area (Å²) in [6.07, 6.45) is 0.855. The van der Waals surface area contributed by atoms with Crippen molar-refractivity contribution in [3.05, 3.63) is 65.2 Å². The lowest BCUT2D eigenvalue weighted by molar-refractivity contribution is 0.410. The van der Waals surface area contributed by atoms with E-state index in [1.165, 1.54) is 11.1 Å². The van der Waals surface area contributed by atoms with Crippen LogP contribution in [0.25, 0.3) is 0 Å². The van der Waals surface area contributed by atoms with Crippen LogP contribution in [0.15, 0.2) is 48.5 Å². The molecule has 2 atom stereocenters. The van der Waals surface area contributed by atoms with Gasteiger partial charge in [-0.2, -0.15) is 4.98 Å². The molecule has 2 unspecified atom stereocenters. The Morgan fingerprint density at radius 3 is 2.77 bits per heavy atom. The Balaban J connectivity index is 0.00000196. The Morgan fingerprint density at radius 2 is 2.00 bits per heavy atom. The van der Waals surface area contributed by atoms with Gasteiger partial charge in [-0.3, -0.25) is 0 Å². The predicted octanol–water partition coefficient (Wildman–Crippen LogP) is 3.75. The molecule has 0 saturated heterocycles. The smallest absolute Gasteiger partial charge is 0.241 e. The number of rotatable bonds is 3. The number of aromatic nitrogens is 3.